The van der Waals surface area contributed by atoms with Gasteiger partial charge in [-0.15, -0.1) is 0 Å². The molecule has 1 amide bonds. The van der Waals surface area contributed by atoms with E-state index >= 15 is 0 Å². The van der Waals surface area contributed by atoms with Crippen LogP contribution in [0.15, 0.2) is 24.3 Å². The van der Waals surface area contributed by atoms with E-state index in [0.717, 1.165) is 0 Å². The van der Waals surface area contributed by atoms with E-state index in [4.69, 9.17) is 9.84 Å². The summed E-state index contributed by atoms with van der Waals surface area (Å²) in [5.41, 5.74) is 0.0936. The van der Waals surface area contributed by atoms with Crippen molar-refractivity contribution in [1.29, 1.82) is 0 Å². The monoisotopic (exact) mass is 265 g/mol. The highest BCUT2D eigenvalue weighted by molar-refractivity contribution is 5.96. The van der Waals surface area contributed by atoms with Crippen molar-refractivity contribution in [1.82, 2.24) is 5.32 Å². The summed E-state index contributed by atoms with van der Waals surface area (Å²) >= 11 is 0. The van der Waals surface area contributed by atoms with E-state index in [1.54, 1.807) is 24.3 Å². The maximum absolute atomic E-state index is 11.7. The molecule has 0 aliphatic rings. The first-order chi connectivity index (χ1) is 8.69. The van der Waals surface area contributed by atoms with Crippen molar-refractivity contribution in [3.63, 3.8) is 0 Å². The number of aliphatic carboxylic acids is 1. The van der Waals surface area contributed by atoms with Crippen molar-refractivity contribution in [2.45, 2.75) is 39.3 Å². The first kappa shape index (κ1) is 15.0. The Kier molecular flexibility index (Phi) is 4.53. The van der Waals surface area contributed by atoms with Gasteiger partial charge in [0.05, 0.1) is 0 Å². The minimum atomic E-state index is -1.07. The third-order valence-corrected chi connectivity index (χ3v) is 2.26. The number of carboxylic acid groups (broad SMARTS) is 1. The van der Waals surface area contributed by atoms with Crippen molar-refractivity contribution in [3.05, 3.63) is 29.8 Å². The SMILES string of the molecule is C[C@@H](NC(=O)c1ccc(OC(C)(C)C)cc1)C(=O)O. The van der Waals surface area contributed by atoms with Gasteiger partial charge in [0.1, 0.15) is 17.4 Å². The quantitative estimate of drug-likeness (QED) is 0.873. The van der Waals surface area contributed by atoms with Gasteiger partial charge in [0.15, 0.2) is 0 Å². The number of rotatable bonds is 4. The molecule has 1 rings (SSSR count). The molecule has 0 unspecified atom stereocenters. The summed E-state index contributed by atoms with van der Waals surface area (Å²) in [6, 6.07) is 5.66. The molecule has 0 heterocycles. The van der Waals surface area contributed by atoms with Crippen LogP contribution in [0.25, 0.3) is 0 Å². The highest BCUT2D eigenvalue weighted by Gasteiger charge is 2.16. The van der Waals surface area contributed by atoms with Gasteiger partial charge in [0, 0.05) is 5.56 Å². The van der Waals surface area contributed by atoms with Gasteiger partial charge < -0.3 is 15.2 Å². The van der Waals surface area contributed by atoms with Crippen LogP contribution in [0.1, 0.15) is 38.1 Å². The van der Waals surface area contributed by atoms with E-state index in [1.165, 1.54) is 6.92 Å². The summed E-state index contributed by atoms with van der Waals surface area (Å²) in [4.78, 5) is 22.4. The van der Waals surface area contributed by atoms with Crippen LogP contribution >= 0.6 is 0 Å². The molecule has 0 aromatic heterocycles. The summed E-state index contributed by atoms with van der Waals surface area (Å²) < 4.78 is 5.63. The molecular formula is C14H19NO4. The van der Waals surface area contributed by atoms with Crippen molar-refractivity contribution in [2.75, 3.05) is 0 Å². The van der Waals surface area contributed by atoms with Gasteiger partial charge in [-0.1, -0.05) is 0 Å². The predicted octanol–water partition coefficient (Wildman–Crippen LogP) is 2.07. The second-order valence-electron chi connectivity index (χ2n) is 5.27. The zero-order chi connectivity index (χ0) is 14.6. The molecule has 1 aromatic carbocycles. The van der Waals surface area contributed by atoms with Crippen LogP contribution in [0.3, 0.4) is 0 Å². The fourth-order valence-electron chi connectivity index (χ4n) is 1.37. The lowest BCUT2D eigenvalue weighted by Crippen LogP contribution is -2.38. The van der Waals surface area contributed by atoms with Crippen molar-refractivity contribution in [3.8, 4) is 5.75 Å². The average Bonchev–Trinajstić information content (AvgIpc) is 2.27. The highest BCUT2D eigenvalue weighted by atomic mass is 16.5. The second kappa shape index (κ2) is 5.73. The first-order valence-electron chi connectivity index (χ1n) is 6.02. The Morgan fingerprint density at radius 3 is 2.16 bits per heavy atom. The molecule has 0 saturated heterocycles. The molecule has 5 heteroatoms. The third kappa shape index (κ3) is 4.99. The van der Waals surface area contributed by atoms with Crippen LogP contribution in [0, 0.1) is 0 Å². The smallest absolute Gasteiger partial charge is 0.325 e. The summed E-state index contributed by atoms with van der Waals surface area (Å²) in [5.74, 6) is -0.825. The molecule has 0 saturated carbocycles. The summed E-state index contributed by atoms with van der Waals surface area (Å²) in [6.07, 6.45) is 0. The maximum atomic E-state index is 11.7. The number of benzene rings is 1. The molecule has 5 nitrogen and oxygen atoms in total. The fourth-order valence-corrected chi connectivity index (χ4v) is 1.37. The fraction of sp³-hybridized carbons (Fsp3) is 0.429. The molecule has 2 N–H and O–H groups in total. The lowest BCUT2D eigenvalue weighted by molar-refractivity contribution is -0.138. The van der Waals surface area contributed by atoms with E-state index in [1.807, 2.05) is 20.8 Å². The minimum Gasteiger partial charge on any atom is -0.488 e. The molecule has 104 valence electrons. The molecule has 1 atom stereocenters. The van der Waals surface area contributed by atoms with E-state index in [0.29, 0.717) is 11.3 Å². The van der Waals surface area contributed by atoms with E-state index in [2.05, 4.69) is 5.32 Å². The van der Waals surface area contributed by atoms with Crippen molar-refractivity contribution < 1.29 is 19.4 Å². The molecule has 0 aliphatic carbocycles. The predicted molar refractivity (Wildman–Crippen MR) is 71.4 cm³/mol. The maximum Gasteiger partial charge on any atom is 0.325 e. The number of nitrogens with one attached hydrogen (secondary N) is 1. The van der Waals surface area contributed by atoms with Gasteiger partial charge in [-0.25, -0.2) is 0 Å². The largest absolute Gasteiger partial charge is 0.488 e. The number of carbonyl (C=O) groups excluding carboxylic acids is 1. The van der Waals surface area contributed by atoms with Gasteiger partial charge in [0.25, 0.3) is 5.91 Å². The number of carbonyl (C=O) groups is 2. The van der Waals surface area contributed by atoms with Gasteiger partial charge >= 0.3 is 5.97 Å². The minimum absolute atomic E-state index is 0.304. The molecular weight excluding hydrogens is 246 g/mol. The van der Waals surface area contributed by atoms with Gasteiger partial charge in [-0.05, 0) is 52.0 Å². The number of hydrogen-bond acceptors (Lipinski definition) is 3. The lowest BCUT2D eigenvalue weighted by atomic mass is 10.1. The zero-order valence-corrected chi connectivity index (χ0v) is 11.6. The Morgan fingerprint density at radius 2 is 1.74 bits per heavy atom. The van der Waals surface area contributed by atoms with E-state index in [-0.39, 0.29) is 5.60 Å². The lowest BCUT2D eigenvalue weighted by Gasteiger charge is -2.21. The summed E-state index contributed by atoms with van der Waals surface area (Å²) in [5, 5.41) is 11.1. The van der Waals surface area contributed by atoms with Crippen molar-refractivity contribution in [2.24, 2.45) is 0 Å². The third-order valence-electron chi connectivity index (χ3n) is 2.26. The number of amides is 1. The first-order valence-corrected chi connectivity index (χ1v) is 6.02. The highest BCUT2D eigenvalue weighted by Crippen LogP contribution is 2.18. The molecule has 1 aromatic rings. The molecule has 0 radical (unpaired) electrons. The van der Waals surface area contributed by atoms with Crippen LogP contribution in [0.2, 0.25) is 0 Å². The Bertz CT molecular complexity index is 459. The summed E-state index contributed by atoms with van der Waals surface area (Å²) in [6.45, 7) is 7.21. The van der Waals surface area contributed by atoms with Crippen molar-refractivity contribution >= 4 is 11.9 Å². The van der Waals surface area contributed by atoms with Gasteiger partial charge in [0.2, 0.25) is 0 Å². The topological polar surface area (TPSA) is 75.6 Å². The van der Waals surface area contributed by atoms with Gasteiger partial charge in [-0.3, -0.25) is 9.59 Å². The molecule has 0 bridgehead atoms. The Hall–Kier alpha value is -2.04. The molecule has 0 fully saturated rings. The van der Waals surface area contributed by atoms with Crippen LogP contribution in [0.4, 0.5) is 0 Å². The number of carboxylic acids is 1. The second-order valence-corrected chi connectivity index (χ2v) is 5.27. The van der Waals surface area contributed by atoms with E-state index in [9.17, 15) is 9.59 Å². The Labute approximate surface area is 112 Å². The van der Waals surface area contributed by atoms with Gasteiger partial charge in [-0.2, -0.15) is 0 Å². The van der Waals surface area contributed by atoms with E-state index < -0.39 is 17.9 Å². The molecule has 19 heavy (non-hydrogen) atoms. The normalized spacial score (nSPS) is 12.6. The molecule has 0 aliphatic heterocycles. The Morgan fingerprint density at radius 1 is 1.21 bits per heavy atom. The molecule has 0 spiro atoms. The Balaban J connectivity index is 2.71. The average molecular weight is 265 g/mol. The standard InChI is InChI=1S/C14H19NO4/c1-9(13(17)18)15-12(16)10-5-7-11(8-6-10)19-14(2,3)4/h5-9H,1-4H3,(H,15,16)(H,17,18)/t9-/m1/s1. The van der Waals surface area contributed by atoms with Crippen LogP contribution in [0.5, 0.6) is 5.75 Å². The van der Waals surface area contributed by atoms with Crippen LogP contribution < -0.4 is 10.1 Å². The number of hydrogen-bond donors (Lipinski definition) is 2. The van der Waals surface area contributed by atoms with Crippen LogP contribution in [-0.2, 0) is 4.79 Å². The zero-order valence-electron chi connectivity index (χ0n) is 11.6. The van der Waals surface area contributed by atoms with Crippen LogP contribution in [-0.4, -0.2) is 28.6 Å². The number of ether oxygens (including phenoxy) is 1. The summed E-state index contributed by atoms with van der Waals surface area (Å²) in [7, 11) is 0.